The number of rotatable bonds is 6. The van der Waals surface area contributed by atoms with Crippen LogP contribution in [0.25, 0.3) is 44.5 Å². The zero-order valence-electron chi connectivity index (χ0n) is 23.1. The molecule has 0 amide bonds. The van der Waals surface area contributed by atoms with Gasteiger partial charge in [0.15, 0.2) is 0 Å². The van der Waals surface area contributed by atoms with Gasteiger partial charge < -0.3 is 0 Å². The van der Waals surface area contributed by atoms with Gasteiger partial charge >= 0.3 is 0 Å². The largest absolute Gasteiger partial charge is 0.218 e. The number of aryl methyl sites for hydroxylation is 2. The van der Waals surface area contributed by atoms with Gasteiger partial charge in [0.05, 0.1) is 9.79 Å². The molecule has 0 aliphatic carbocycles. The topological polar surface area (TPSA) is 34.1 Å². The van der Waals surface area contributed by atoms with Gasteiger partial charge in [-0.1, -0.05) is 133 Å². The van der Waals surface area contributed by atoms with E-state index in [4.69, 9.17) is 0 Å². The lowest BCUT2D eigenvalue weighted by atomic mass is 9.91. The van der Waals surface area contributed by atoms with Gasteiger partial charge in [0, 0.05) is 11.1 Å². The summed E-state index contributed by atoms with van der Waals surface area (Å²) in [6.07, 6.45) is 0. The van der Waals surface area contributed by atoms with Crippen molar-refractivity contribution >= 4 is 9.84 Å². The average molecular weight is 551 g/mol. The zero-order chi connectivity index (χ0) is 28.4. The minimum Gasteiger partial charge on any atom is -0.218 e. The normalized spacial score (nSPS) is 11.4. The van der Waals surface area contributed by atoms with E-state index in [1.54, 1.807) is 12.1 Å². The highest BCUT2D eigenvalue weighted by atomic mass is 32.2. The van der Waals surface area contributed by atoms with Crippen LogP contribution in [0.15, 0.2) is 155 Å². The highest BCUT2D eigenvalue weighted by Crippen LogP contribution is 2.45. The van der Waals surface area contributed by atoms with Crippen LogP contribution < -0.4 is 0 Å². The van der Waals surface area contributed by atoms with Gasteiger partial charge in [-0.3, -0.25) is 0 Å². The summed E-state index contributed by atoms with van der Waals surface area (Å²) >= 11 is 0. The minimum atomic E-state index is -3.99. The fraction of sp³-hybridized carbons (Fsp3) is 0.0526. The van der Waals surface area contributed by atoms with Crippen molar-refractivity contribution in [3.8, 4) is 44.5 Å². The van der Waals surface area contributed by atoms with Crippen molar-refractivity contribution in [1.82, 2.24) is 0 Å². The molecule has 3 heteroatoms. The molecule has 0 N–H and O–H groups in total. The van der Waals surface area contributed by atoms with Gasteiger partial charge in [-0.05, 0) is 70.5 Å². The maximum Gasteiger partial charge on any atom is 0.207 e. The Balaban J connectivity index is 1.71. The molecule has 0 heterocycles. The van der Waals surface area contributed by atoms with Crippen LogP contribution >= 0.6 is 0 Å². The van der Waals surface area contributed by atoms with Gasteiger partial charge in [-0.25, -0.2) is 8.42 Å². The summed E-state index contributed by atoms with van der Waals surface area (Å²) in [6, 6.07) is 47.2. The summed E-state index contributed by atoms with van der Waals surface area (Å²) < 4.78 is 30.0. The molecule has 0 radical (unpaired) electrons. The van der Waals surface area contributed by atoms with Crippen molar-refractivity contribution in [2.45, 2.75) is 23.6 Å². The monoisotopic (exact) mass is 550 g/mol. The number of hydrogen-bond acceptors (Lipinski definition) is 2. The second-order valence-electron chi connectivity index (χ2n) is 10.2. The van der Waals surface area contributed by atoms with Crippen molar-refractivity contribution in [2.24, 2.45) is 0 Å². The number of sulfone groups is 1. The molecule has 0 aromatic heterocycles. The Kier molecular flexibility index (Phi) is 7.13. The van der Waals surface area contributed by atoms with Gasteiger partial charge in [0.25, 0.3) is 0 Å². The molecular formula is C38H30O2S. The fourth-order valence-electron chi connectivity index (χ4n) is 5.68. The summed E-state index contributed by atoms with van der Waals surface area (Å²) in [5.74, 6) is 0. The molecule has 0 bridgehead atoms. The van der Waals surface area contributed by atoms with E-state index in [0.29, 0.717) is 9.79 Å². The van der Waals surface area contributed by atoms with Crippen LogP contribution in [0.1, 0.15) is 11.1 Å². The molecule has 0 aliphatic rings. The first kappa shape index (κ1) is 26.5. The second kappa shape index (κ2) is 11.0. The van der Waals surface area contributed by atoms with Crippen molar-refractivity contribution in [1.29, 1.82) is 0 Å². The van der Waals surface area contributed by atoms with E-state index in [0.717, 1.165) is 55.6 Å². The van der Waals surface area contributed by atoms with Gasteiger partial charge in [0.1, 0.15) is 0 Å². The van der Waals surface area contributed by atoms with Crippen molar-refractivity contribution < 1.29 is 8.42 Å². The fourth-order valence-corrected chi connectivity index (χ4v) is 7.39. The molecule has 6 aromatic rings. The zero-order valence-corrected chi connectivity index (χ0v) is 23.9. The Morgan fingerprint density at radius 3 is 0.902 bits per heavy atom. The van der Waals surface area contributed by atoms with E-state index >= 15 is 8.42 Å². The average Bonchev–Trinajstić information content (AvgIpc) is 3.02. The van der Waals surface area contributed by atoms with Crippen molar-refractivity contribution in [3.05, 3.63) is 157 Å². The standard InChI is InChI=1S/C38H30O2S/c1-27-23-25-33(37(31-19-11-5-12-20-31)35(27)29-15-7-3-8-16-29)41(39,40)34-26-24-28(2)36(30-17-9-4-10-18-30)38(34)32-21-13-6-14-22-32/h3-26H,1-2H3. The molecule has 0 saturated carbocycles. The second-order valence-corrected chi connectivity index (χ2v) is 12.1. The van der Waals surface area contributed by atoms with Gasteiger partial charge in [-0.2, -0.15) is 0 Å². The first-order valence-electron chi connectivity index (χ1n) is 13.7. The maximum atomic E-state index is 15.0. The van der Waals surface area contributed by atoms with Crippen molar-refractivity contribution in [3.63, 3.8) is 0 Å². The Labute approximate surface area is 242 Å². The van der Waals surface area contributed by atoms with Crippen LogP contribution in [0.2, 0.25) is 0 Å². The molecule has 0 unspecified atom stereocenters. The Morgan fingerprint density at radius 2 is 0.610 bits per heavy atom. The highest BCUT2D eigenvalue weighted by Gasteiger charge is 2.30. The van der Waals surface area contributed by atoms with Gasteiger partial charge in [0.2, 0.25) is 9.84 Å². The third-order valence-corrected chi connectivity index (χ3v) is 9.42. The molecule has 2 nitrogen and oxygen atoms in total. The molecule has 200 valence electrons. The summed E-state index contributed by atoms with van der Waals surface area (Å²) in [5, 5.41) is 0. The summed E-state index contributed by atoms with van der Waals surface area (Å²) in [4.78, 5) is 0.599. The van der Waals surface area contributed by atoms with Crippen LogP contribution in [0.5, 0.6) is 0 Å². The van der Waals surface area contributed by atoms with E-state index in [9.17, 15) is 0 Å². The first-order chi connectivity index (χ1) is 20.0. The van der Waals surface area contributed by atoms with E-state index in [2.05, 4.69) is 0 Å². The molecular weight excluding hydrogens is 520 g/mol. The maximum absolute atomic E-state index is 15.0. The molecule has 6 rings (SSSR count). The lowest BCUT2D eigenvalue weighted by Crippen LogP contribution is -2.09. The predicted octanol–water partition coefficient (Wildman–Crippen LogP) is 9.80. The molecule has 0 spiro atoms. The molecule has 0 fully saturated rings. The molecule has 0 saturated heterocycles. The van der Waals surface area contributed by atoms with E-state index in [-0.39, 0.29) is 0 Å². The third kappa shape index (κ3) is 4.90. The smallest absolute Gasteiger partial charge is 0.207 e. The third-order valence-electron chi connectivity index (χ3n) is 7.58. The van der Waals surface area contributed by atoms with Crippen LogP contribution in [0.3, 0.4) is 0 Å². The predicted molar refractivity (Wildman–Crippen MR) is 170 cm³/mol. The summed E-state index contributed by atoms with van der Waals surface area (Å²) in [7, 11) is -3.99. The molecule has 6 aromatic carbocycles. The number of benzene rings is 6. The molecule has 0 aliphatic heterocycles. The minimum absolute atomic E-state index is 0.299. The van der Waals surface area contributed by atoms with Crippen molar-refractivity contribution in [2.75, 3.05) is 0 Å². The Bertz CT molecular complexity index is 1790. The van der Waals surface area contributed by atoms with E-state index in [1.165, 1.54) is 0 Å². The van der Waals surface area contributed by atoms with Crippen LogP contribution in [0, 0.1) is 13.8 Å². The Hall–Kier alpha value is -4.73. The first-order valence-corrected chi connectivity index (χ1v) is 15.2. The highest BCUT2D eigenvalue weighted by molar-refractivity contribution is 7.91. The van der Waals surface area contributed by atoms with Crippen LogP contribution in [-0.2, 0) is 9.84 Å². The SMILES string of the molecule is Cc1ccc(S(=O)(=O)c2ccc(C)c(-c3ccccc3)c2-c2ccccc2)c(-c2ccccc2)c1-c1ccccc1. The molecule has 0 atom stereocenters. The molecule has 41 heavy (non-hydrogen) atoms. The lowest BCUT2D eigenvalue weighted by molar-refractivity contribution is 0.596. The quantitative estimate of drug-likeness (QED) is 0.207. The Morgan fingerprint density at radius 1 is 0.341 bits per heavy atom. The lowest BCUT2D eigenvalue weighted by Gasteiger charge is -2.22. The van der Waals surface area contributed by atoms with Gasteiger partial charge in [-0.15, -0.1) is 0 Å². The van der Waals surface area contributed by atoms with E-state index in [1.807, 2.05) is 147 Å². The van der Waals surface area contributed by atoms with E-state index < -0.39 is 9.84 Å². The van der Waals surface area contributed by atoms with Crippen LogP contribution in [0.4, 0.5) is 0 Å². The van der Waals surface area contributed by atoms with Crippen LogP contribution in [-0.4, -0.2) is 8.42 Å². The summed E-state index contributed by atoms with van der Waals surface area (Å²) in [5.41, 5.74) is 9.03. The summed E-state index contributed by atoms with van der Waals surface area (Å²) in [6.45, 7) is 4.08. The number of hydrogen-bond donors (Lipinski definition) is 0.